The maximum atomic E-state index is 11.3. The van der Waals surface area contributed by atoms with Crippen LogP contribution in [0.5, 0.6) is 0 Å². The molecule has 1 heterocycles. The number of benzene rings is 2. The molecule has 1 aromatic heterocycles. The molecule has 0 aliphatic heterocycles. The molecule has 0 spiro atoms. The van der Waals surface area contributed by atoms with E-state index in [4.69, 9.17) is 11.5 Å². The fourth-order valence-corrected chi connectivity index (χ4v) is 2.88. The van der Waals surface area contributed by atoms with Gasteiger partial charge in [0, 0.05) is 5.39 Å². The number of rotatable bonds is 6. The summed E-state index contributed by atoms with van der Waals surface area (Å²) >= 11 is 0. The highest BCUT2D eigenvalue weighted by Gasteiger charge is 2.14. The number of hydrogen-bond acceptors (Lipinski definition) is 4. The second kappa shape index (κ2) is 7.08. The summed E-state index contributed by atoms with van der Waals surface area (Å²) in [7, 11) is 0. The van der Waals surface area contributed by atoms with Crippen LogP contribution >= 0.6 is 0 Å². The minimum Gasteiger partial charge on any atom is -0.396 e. The molecule has 0 fully saturated rings. The van der Waals surface area contributed by atoms with E-state index in [0.717, 1.165) is 42.1 Å². The summed E-state index contributed by atoms with van der Waals surface area (Å²) in [6.45, 7) is 0. The van der Waals surface area contributed by atoms with E-state index in [1.807, 2.05) is 24.3 Å². The lowest BCUT2D eigenvalue weighted by Crippen LogP contribution is -2.17. The third kappa shape index (κ3) is 3.35. The summed E-state index contributed by atoms with van der Waals surface area (Å²) in [6, 6.07) is 16.3. The second-order valence-corrected chi connectivity index (χ2v) is 5.83. The van der Waals surface area contributed by atoms with Gasteiger partial charge in [-0.3, -0.25) is 4.79 Å². The Labute approximate surface area is 140 Å². The molecule has 3 rings (SSSR count). The van der Waals surface area contributed by atoms with Gasteiger partial charge < -0.3 is 11.5 Å². The molecule has 0 bridgehead atoms. The molecule has 0 atom stereocenters. The third-order valence-electron chi connectivity index (χ3n) is 4.15. The van der Waals surface area contributed by atoms with E-state index in [1.165, 1.54) is 5.56 Å². The van der Waals surface area contributed by atoms with Crippen LogP contribution in [0.1, 0.15) is 34.5 Å². The topological polar surface area (TPSA) is 94.9 Å². The van der Waals surface area contributed by atoms with Gasteiger partial charge in [-0.25, -0.2) is 0 Å². The number of fused-ring (bicyclic) bond motifs is 1. The highest BCUT2D eigenvalue weighted by atomic mass is 16.1. The zero-order valence-corrected chi connectivity index (χ0v) is 13.4. The fraction of sp³-hybridized carbons (Fsp3) is 0.211. The number of amides is 1. The van der Waals surface area contributed by atoms with Crippen molar-refractivity contribution < 1.29 is 4.79 Å². The summed E-state index contributed by atoms with van der Waals surface area (Å²) in [4.78, 5) is 11.3. The maximum absolute atomic E-state index is 11.3. The number of aryl methyl sites for hydroxylation is 2. The van der Waals surface area contributed by atoms with Crippen molar-refractivity contribution in [2.45, 2.75) is 25.7 Å². The van der Waals surface area contributed by atoms with Gasteiger partial charge in [0.15, 0.2) is 5.69 Å². The predicted molar refractivity (Wildman–Crippen MR) is 95.6 cm³/mol. The van der Waals surface area contributed by atoms with E-state index in [0.29, 0.717) is 5.69 Å². The van der Waals surface area contributed by atoms with Crippen LogP contribution in [0.3, 0.4) is 0 Å². The predicted octanol–water partition coefficient (Wildman–Crippen LogP) is 2.88. The molecule has 0 aliphatic carbocycles. The number of carbonyl (C=O) groups is 1. The van der Waals surface area contributed by atoms with Gasteiger partial charge in [-0.05, 0) is 36.8 Å². The molecule has 122 valence electrons. The van der Waals surface area contributed by atoms with Gasteiger partial charge in [-0.2, -0.15) is 0 Å². The number of nitrogen functional groups attached to an aromatic ring is 1. The number of anilines is 1. The average molecular weight is 320 g/mol. The van der Waals surface area contributed by atoms with E-state index >= 15 is 0 Å². The Bertz CT molecular complexity index is 862. The number of primary amides is 1. The summed E-state index contributed by atoms with van der Waals surface area (Å²) in [5.41, 5.74) is 14.8. The van der Waals surface area contributed by atoms with E-state index in [2.05, 4.69) is 34.5 Å². The van der Waals surface area contributed by atoms with Crippen LogP contribution in [0.25, 0.3) is 10.9 Å². The number of unbranched alkanes of at least 4 members (excludes halogenated alkanes) is 1. The van der Waals surface area contributed by atoms with Gasteiger partial charge in [0.2, 0.25) is 0 Å². The standard InChI is InChI=1S/C19H20N4O/c20-16-15-12-6-11-14(17(15)22-23-18(16)19(21)24)10-5-4-9-13-7-2-1-3-8-13/h1-3,6-8,11-12H,4-5,9-10H2,(H2,20,22)(H2,21,24). The van der Waals surface area contributed by atoms with E-state index in [-0.39, 0.29) is 5.69 Å². The molecule has 5 heteroatoms. The van der Waals surface area contributed by atoms with Gasteiger partial charge >= 0.3 is 0 Å². The van der Waals surface area contributed by atoms with E-state index in [9.17, 15) is 4.79 Å². The van der Waals surface area contributed by atoms with Crippen molar-refractivity contribution in [2.24, 2.45) is 5.73 Å². The van der Waals surface area contributed by atoms with Crippen LogP contribution < -0.4 is 11.5 Å². The van der Waals surface area contributed by atoms with Crippen molar-refractivity contribution in [1.29, 1.82) is 0 Å². The Kier molecular flexibility index (Phi) is 4.70. The van der Waals surface area contributed by atoms with Crippen LogP contribution in [0, 0.1) is 0 Å². The van der Waals surface area contributed by atoms with Crippen molar-refractivity contribution in [3.05, 3.63) is 65.4 Å². The van der Waals surface area contributed by atoms with E-state index in [1.54, 1.807) is 0 Å². The highest BCUT2D eigenvalue weighted by Crippen LogP contribution is 2.25. The molecule has 24 heavy (non-hydrogen) atoms. The lowest BCUT2D eigenvalue weighted by atomic mass is 10.0. The van der Waals surface area contributed by atoms with Gasteiger partial charge in [-0.1, -0.05) is 48.5 Å². The molecule has 0 aliphatic rings. The first-order valence-electron chi connectivity index (χ1n) is 8.04. The SMILES string of the molecule is NC(=O)c1nnc2c(CCCCc3ccccc3)cccc2c1N. The molecule has 0 saturated carbocycles. The molecule has 3 aromatic rings. The normalized spacial score (nSPS) is 10.8. The van der Waals surface area contributed by atoms with Gasteiger partial charge in [0.05, 0.1) is 11.2 Å². The Morgan fingerprint density at radius 2 is 1.67 bits per heavy atom. The minimum absolute atomic E-state index is 0.0312. The summed E-state index contributed by atoms with van der Waals surface area (Å²) < 4.78 is 0. The summed E-state index contributed by atoms with van der Waals surface area (Å²) in [6.07, 6.45) is 4.11. The lowest BCUT2D eigenvalue weighted by Gasteiger charge is -2.09. The highest BCUT2D eigenvalue weighted by molar-refractivity contribution is 6.04. The third-order valence-corrected chi connectivity index (χ3v) is 4.15. The van der Waals surface area contributed by atoms with E-state index < -0.39 is 5.91 Å². The van der Waals surface area contributed by atoms with Crippen LogP contribution in [-0.2, 0) is 12.8 Å². The van der Waals surface area contributed by atoms with Crippen LogP contribution in [0.2, 0.25) is 0 Å². The first-order valence-corrected chi connectivity index (χ1v) is 8.04. The van der Waals surface area contributed by atoms with Crippen molar-refractivity contribution in [3.8, 4) is 0 Å². The molecule has 5 nitrogen and oxygen atoms in total. The van der Waals surface area contributed by atoms with Crippen LogP contribution in [0.15, 0.2) is 48.5 Å². The van der Waals surface area contributed by atoms with Crippen LogP contribution in [0.4, 0.5) is 5.69 Å². The first kappa shape index (κ1) is 15.9. The second-order valence-electron chi connectivity index (χ2n) is 5.83. The number of aromatic nitrogens is 2. The number of carbonyl (C=O) groups excluding carboxylic acids is 1. The fourth-order valence-electron chi connectivity index (χ4n) is 2.88. The first-order chi connectivity index (χ1) is 11.7. The van der Waals surface area contributed by atoms with Crippen molar-refractivity contribution >= 4 is 22.5 Å². The maximum Gasteiger partial charge on any atom is 0.271 e. The number of nitrogens with two attached hydrogens (primary N) is 2. The average Bonchev–Trinajstić information content (AvgIpc) is 2.60. The molecular weight excluding hydrogens is 300 g/mol. The van der Waals surface area contributed by atoms with Gasteiger partial charge in [-0.15, -0.1) is 10.2 Å². The summed E-state index contributed by atoms with van der Waals surface area (Å²) in [5.74, 6) is -0.657. The zero-order valence-electron chi connectivity index (χ0n) is 13.4. The van der Waals surface area contributed by atoms with Crippen molar-refractivity contribution in [2.75, 3.05) is 5.73 Å². The molecule has 0 saturated heterocycles. The Balaban J connectivity index is 1.73. The lowest BCUT2D eigenvalue weighted by molar-refractivity contribution is 0.0996. The Morgan fingerprint density at radius 3 is 2.42 bits per heavy atom. The number of nitrogens with zero attached hydrogens (tertiary/aromatic N) is 2. The largest absolute Gasteiger partial charge is 0.396 e. The quantitative estimate of drug-likeness (QED) is 0.683. The number of hydrogen-bond donors (Lipinski definition) is 2. The molecule has 1 amide bonds. The molecular formula is C19H20N4O. The monoisotopic (exact) mass is 320 g/mol. The molecule has 4 N–H and O–H groups in total. The van der Waals surface area contributed by atoms with Gasteiger partial charge in [0.25, 0.3) is 5.91 Å². The molecule has 0 unspecified atom stereocenters. The minimum atomic E-state index is -0.657. The Hall–Kier alpha value is -2.95. The van der Waals surface area contributed by atoms with Gasteiger partial charge in [0.1, 0.15) is 0 Å². The van der Waals surface area contributed by atoms with Crippen LogP contribution in [-0.4, -0.2) is 16.1 Å². The smallest absolute Gasteiger partial charge is 0.271 e. The molecule has 0 radical (unpaired) electrons. The van der Waals surface area contributed by atoms with Crippen molar-refractivity contribution in [1.82, 2.24) is 10.2 Å². The Morgan fingerprint density at radius 1 is 0.917 bits per heavy atom. The molecule has 2 aromatic carbocycles. The zero-order chi connectivity index (χ0) is 16.9. The van der Waals surface area contributed by atoms with Crippen molar-refractivity contribution in [3.63, 3.8) is 0 Å². The summed E-state index contributed by atoms with van der Waals surface area (Å²) in [5, 5.41) is 8.80.